The molecule has 0 N–H and O–H groups in total. The number of rotatable bonds is 2. The Balaban J connectivity index is 2.57. The Hall–Kier alpha value is -0.440. The maximum Gasteiger partial charge on any atom is 0.246 e. The Bertz CT molecular complexity index is 193. The van der Waals surface area contributed by atoms with E-state index in [0.717, 1.165) is 13.0 Å². The molecule has 1 heterocycles. The lowest BCUT2D eigenvalue weighted by molar-refractivity contribution is -0.126. The number of thioether (sulfide) groups is 1. The van der Waals surface area contributed by atoms with Crippen molar-refractivity contribution in [2.24, 2.45) is 0 Å². The van der Waals surface area contributed by atoms with Crippen LogP contribution in [0.3, 0.4) is 0 Å². The van der Waals surface area contributed by atoms with Gasteiger partial charge >= 0.3 is 0 Å². The highest BCUT2D eigenvalue weighted by molar-refractivity contribution is 7.99. The zero-order chi connectivity index (χ0) is 9.14. The van der Waals surface area contributed by atoms with Crippen LogP contribution in [0, 0.1) is 0 Å². The quantitative estimate of drug-likeness (QED) is 0.608. The van der Waals surface area contributed by atoms with Crippen molar-refractivity contribution in [2.45, 2.75) is 24.6 Å². The normalized spacial score (nSPS) is 29.0. The van der Waals surface area contributed by atoms with Crippen molar-refractivity contribution >= 4 is 17.7 Å². The van der Waals surface area contributed by atoms with Crippen LogP contribution in [0.25, 0.3) is 0 Å². The van der Waals surface area contributed by atoms with Gasteiger partial charge in [-0.2, -0.15) is 11.8 Å². The van der Waals surface area contributed by atoms with Crippen molar-refractivity contribution in [1.29, 1.82) is 0 Å². The van der Waals surface area contributed by atoms with Crippen molar-refractivity contribution in [2.75, 3.05) is 12.8 Å². The minimum absolute atomic E-state index is 0.0686. The van der Waals surface area contributed by atoms with E-state index in [4.69, 9.17) is 0 Å². The summed E-state index contributed by atoms with van der Waals surface area (Å²) in [5.41, 5.74) is 0. The lowest BCUT2D eigenvalue weighted by Crippen LogP contribution is -2.32. The molecule has 0 aliphatic carbocycles. The van der Waals surface area contributed by atoms with Crippen LogP contribution in [-0.2, 0) is 4.79 Å². The molecule has 1 aliphatic heterocycles. The number of carbonyl (C=O) groups is 1. The highest BCUT2D eigenvalue weighted by Gasteiger charge is 2.30. The minimum Gasteiger partial charge on any atom is -0.335 e. The summed E-state index contributed by atoms with van der Waals surface area (Å²) in [6.07, 6.45) is 4.61. The smallest absolute Gasteiger partial charge is 0.246 e. The molecule has 1 unspecified atom stereocenters. The van der Waals surface area contributed by atoms with Crippen LogP contribution in [0.2, 0.25) is 0 Å². The van der Waals surface area contributed by atoms with E-state index in [1.54, 1.807) is 0 Å². The molecule has 2 atom stereocenters. The first-order valence-electron chi connectivity index (χ1n) is 4.15. The second kappa shape index (κ2) is 3.99. The van der Waals surface area contributed by atoms with Gasteiger partial charge < -0.3 is 4.90 Å². The molecule has 1 rings (SSSR count). The Morgan fingerprint density at radius 3 is 2.83 bits per heavy atom. The third-order valence-corrected chi connectivity index (χ3v) is 3.34. The van der Waals surface area contributed by atoms with E-state index in [0.29, 0.717) is 11.3 Å². The summed E-state index contributed by atoms with van der Waals surface area (Å²) in [6.45, 7) is 6.47. The Morgan fingerprint density at radius 2 is 2.42 bits per heavy atom. The zero-order valence-corrected chi connectivity index (χ0v) is 8.43. The second-order valence-corrected chi connectivity index (χ2v) is 4.28. The molecule has 0 aromatic heterocycles. The fourth-order valence-electron chi connectivity index (χ4n) is 1.58. The van der Waals surface area contributed by atoms with Crippen LogP contribution in [0.4, 0.5) is 0 Å². The molecule has 1 saturated heterocycles. The molecule has 3 heteroatoms. The van der Waals surface area contributed by atoms with Crippen molar-refractivity contribution in [3.63, 3.8) is 0 Å². The predicted molar refractivity (Wildman–Crippen MR) is 53.3 cm³/mol. The molecular weight excluding hydrogens is 170 g/mol. The summed E-state index contributed by atoms with van der Waals surface area (Å²) in [5.74, 6) is 0.0686. The lowest BCUT2D eigenvalue weighted by Gasteiger charge is -2.18. The van der Waals surface area contributed by atoms with E-state index < -0.39 is 0 Å². The molecule has 0 spiro atoms. The lowest BCUT2D eigenvalue weighted by atomic mass is 10.2. The first kappa shape index (κ1) is 9.65. The SMILES string of the molecule is C=CC(=O)N1CC(SC)C[C@H]1C. The summed E-state index contributed by atoms with van der Waals surface area (Å²) >= 11 is 1.84. The molecule has 1 aliphatic rings. The maximum atomic E-state index is 11.3. The Kier molecular flexibility index (Phi) is 3.20. The Morgan fingerprint density at radius 1 is 1.75 bits per heavy atom. The maximum absolute atomic E-state index is 11.3. The van der Waals surface area contributed by atoms with Gasteiger partial charge in [-0.3, -0.25) is 4.79 Å². The molecule has 2 nitrogen and oxygen atoms in total. The molecule has 0 radical (unpaired) electrons. The topological polar surface area (TPSA) is 20.3 Å². The number of likely N-dealkylation sites (tertiary alicyclic amines) is 1. The molecule has 0 bridgehead atoms. The van der Waals surface area contributed by atoms with Gasteiger partial charge in [0.25, 0.3) is 0 Å². The van der Waals surface area contributed by atoms with Crippen molar-refractivity contribution < 1.29 is 4.79 Å². The summed E-state index contributed by atoms with van der Waals surface area (Å²) in [6, 6.07) is 0.382. The molecule has 1 amide bonds. The van der Waals surface area contributed by atoms with Crippen LogP contribution < -0.4 is 0 Å². The molecule has 0 aromatic rings. The van der Waals surface area contributed by atoms with Crippen LogP contribution in [-0.4, -0.2) is 34.9 Å². The molecule has 0 saturated carbocycles. The molecular formula is C9H15NOS. The molecule has 68 valence electrons. The van der Waals surface area contributed by atoms with E-state index >= 15 is 0 Å². The highest BCUT2D eigenvalue weighted by atomic mass is 32.2. The van der Waals surface area contributed by atoms with Crippen LogP contribution in [0.5, 0.6) is 0 Å². The monoisotopic (exact) mass is 185 g/mol. The first-order chi connectivity index (χ1) is 5.69. The van der Waals surface area contributed by atoms with Gasteiger partial charge in [0, 0.05) is 17.8 Å². The summed E-state index contributed by atoms with van der Waals surface area (Å²) in [5, 5.41) is 0.615. The van der Waals surface area contributed by atoms with Crippen molar-refractivity contribution in [1.82, 2.24) is 4.90 Å². The fraction of sp³-hybridized carbons (Fsp3) is 0.667. The first-order valence-corrected chi connectivity index (χ1v) is 5.43. The number of nitrogens with zero attached hydrogens (tertiary/aromatic N) is 1. The van der Waals surface area contributed by atoms with Crippen LogP contribution in [0.1, 0.15) is 13.3 Å². The summed E-state index contributed by atoms with van der Waals surface area (Å²) in [7, 11) is 0. The van der Waals surface area contributed by atoms with Gasteiger partial charge in [0.05, 0.1) is 0 Å². The summed E-state index contributed by atoms with van der Waals surface area (Å²) in [4.78, 5) is 13.2. The Labute approximate surface area is 78.0 Å². The molecule has 12 heavy (non-hydrogen) atoms. The van der Waals surface area contributed by atoms with Crippen molar-refractivity contribution in [3.8, 4) is 0 Å². The minimum atomic E-state index is 0.0686. The van der Waals surface area contributed by atoms with Crippen molar-refractivity contribution in [3.05, 3.63) is 12.7 Å². The average Bonchev–Trinajstić information content (AvgIpc) is 2.45. The van der Waals surface area contributed by atoms with E-state index in [-0.39, 0.29) is 5.91 Å². The van der Waals surface area contributed by atoms with Gasteiger partial charge in [0.2, 0.25) is 5.91 Å². The van der Waals surface area contributed by atoms with Gasteiger partial charge in [0.1, 0.15) is 0 Å². The molecule has 0 aromatic carbocycles. The number of carbonyl (C=O) groups excluding carboxylic acids is 1. The number of amides is 1. The predicted octanol–water partition coefficient (Wildman–Crippen LogP) is 1.52. The molecule has 1 fully saturated rings. The van der Waals surface area contributed by atoms with E-state index in [9.17, 15) is 4.79 Å². The number of hydrogen-bond donors (Lipinski definition) is 0. The fourth-order valence-corrected chi connectivity index (χ4v) is 2.36. The highest BCUT2D eigenvalue weighted by Crippen LogP contribution is 2.25. The van der Waals surface area contributed by atoms with Gasteiger partial charge in [0.15, 0.2) is 0 Å². The van der Waals surface area contributed by atoms with Gasteiger partial charge in [-0.15, -0.1) is 0 Å². The summed E-state index contributed by atoms with van der Waals surface area (Å²) < 4.78 is 0. The average molecular weight is 185 g/mol. The van der Waals surface area contributed by atoms with E-state index in [2.05, 4.69) is 19.8 Å². The largest absolute Gasteiger partial charge is 0.335 e. The zero-order valence-electron chi connectivity index (χ0n) is 7.62. The van der Waals surface area contributed by atoms with Crippen LogP contribution in [0.15, 0.2) is 12.7 Å². The van der Waals surface area contributed by atoms with Gasteiger partial charge in [-0.05, 0) is 25.7 Å². The van der Waals surface area contributed by atoms with E-state index in [1.165, 1.54) is 6.08 Å². The standard InChI is InChI=1S/C9H15NOS/c1-4-9(11)10-6-8(12-3)5-7(10)2/h4,7-8H,1,5-6H2,2-3H3/t7-,8?/m1/s1. The van der Waals surface area contributed by atoms with Crippen LogP contribution >= 0.6 is 11.8 Å². The third kappa shape index (κ3) is 1.83. The second-order valence-electron chi connectivity index (χ2n) is 3.14. The third-order valence-electron chi connectivity index (χ3n) is 2.33. The van der Waals surface area contributed by atoms with E-state index in [1.807, 2.05) is 16.7 Å². The van der Waals surface area contributed by atoms with Gasteiger partial charge in [-0.25, -0.2) is 0 Å². The van der Waals surface area contributed by atoms with Gasteiger partial charge in [-0.1, -0.05) is 6.58 Å². The number of hydrogen-bond acceptors (Lipinski definition) is 2.